The van der Waals surface area contributed by atoms with Gasteiger partial charge in [0.2, 0.25) is 0 Å². The van der Waals surface area contributed by atoms with E-state index in [-0.39, 0.29) is 5.41 Å². The van der Waals surface area contributed by atoms with Gasteiger partial charge in [0.05, 0.1) is 11.0 Å². The first-order valence-electron chi connectivity index (χ1n) is 15.3. The second kappa shape index (κ2) is 9.96. The number of aromatic nitrogens is 1. The molecule has 0 radical (unpaired) electrons. The van der Waals surface area contributed by atoms with Gasteiger partial charge in [-0.05, 0) is 71.2 Å². The van der Waals surface area contributed by atoms with Crippen LogP contribution in [0.15, 0.2) is 132 Å². The molecule has 0 fully saturated rings. The first kappa shape index (κ1) is 27.5. The van der Waals surface area contributed by atoms with E-state index in [1.165, 1.54) is 27.7 Å². The molecule has 5 aromatic carbocycles. The highest BCUT2D eigenvalue weighted by molar-refractivity contribution is 6.61. The van der Waals surface area contributed by atoms with E-state index in [2.05, 4.69) is 111 Å². The predicted molar refractivity (Wildman–Crippen MR) is 188 cm³/mol. The second-order valence-electron chi connectivity index (χ2n) is 12.3. The third-order valence-electron chi connectivity index (χ3n) is 9.56. The van der Waals surface area contributed by atoms with Crippen LogP contribution in [0.2, 0.25) is 0 Å². The van der Waals surface area contributed by atoms with Crippen LogP contribution >= 0.6 is 0 Å². The molecule has 0 amide bonds. The number of allylic oxidation sites excluding steroid dienone is 5. The van der Waals surface area contributed by atoms with Gasteiger partial charge in [0.15, 0.2) is 0 Å². The van der Waals surface area contributed by atoms with E-state index < -0.39 is 7.12 Å². The Hall–Kier alpha value is -5.10. The van der Waals surface area contributed by atoms with E-state index in [0.717, 1.165) is 49.6 Å². The molecule has 45 heavy (non-hydrogen) atoms. The average Bonchev–Trinajstić information content (AvgIpc) is 3.65. The molecule has 0 spiro atoms. The van der Waals surface area contributed by atoms with Gasteiger partial charge >= 0.3 is 7.12 Å². The molecule has 0 saturated heterocycles. The minimum absolute atomic E-state index is 0.173. The summed E-state index contributed by atoms with van der Waals surface area (Å²) in [6.45, 7) is 10.7. The van der Waals surface area contributed by atoms with Crippen molar-refractivity contribution < 1.29 is 14.5 Å². The number of fused-ring (bicyclic) bond motifs is 7. The predicted octanol–water partition coefficient (Wildman–Crippen LogP) is 8.84. The van der Waals surface area contributed by atoms with E-state index in [1.807, 2.05) is 30.3 Å². The minimum atomic E-state index is -1.62. The summed E-state index contributed by atoms with van der Waals surface area (Å²) in [6.07, 6.45) is 6.26. The summed E-state index contributed by atoms with van der Waals surface area (Å²) in [7, 11) is -1.62. The van der Waals surface area contributed by atoms with Crippen LogP contribution in [-0.4, -0.2) is 21.7 Å². The van der Waals surface area contributed by atoms with Gasteiger partial charge in [0.1, 0.15) is 11.2 Å². The average molecular weight is 586 g/mol. The Balaban J connectivity index is 1.44. The van der Waals surface area contributed by atoms with Crippen LogP contribution in [0, 0.1) is 0 Å². The molecule has 0 unspecified atom stereocenters. The van der Waals surface area contributed by atoms with E-state index in [9.17, 15) is 10.0 Å². The molecule has 1 aliphatic carbocycles. The van der Waals surface area contributed by atoms with Gasteiger partial charge in [-0.2, -0.15) is 0 Å². The summed E-state index contributed by atoms with van der Waals surface area (Å²) in [4.78, 5) is 0. The molecule has 0 aliphatic heterocycles. The van der Waals surface area contributed by atoms with Gasteiger partial charge in [0, 0.05) is 43.7 Å². The lowest BCUT2D eigenvalue weighted by Crippen LogP contribution is -2.29. The highest BCUT2D eigenvalue weighted by atomic mass is 16.4. The van der Waals surface area contributed by atoms with Crippen molar-refractivity contribution in [3.63, 3.8) is 0 Å². The molecule has 2 heterocycles. The van der Waals surface area contributed by atoms with Crippen LogP contribution in [0.5, 0.6) is 0 Å². The third-order valence-corrected chi connectivity index (χ3v) is 9.56. The number of rotatable bonds is 4. The molecule has 7 aromatic rings. The molecule has 0 atom stereocenters. The van der Waals surface area contributed by atoms with Gasteiger partial charge < -0.3 is 19.0 Å². The molecule has 4 nitrogen and oxygen atoms in total. The van der Waals surface area contributed by atoms with E-state index >= 15 is 0 Å². The first-order valence-corrected chi connectivity index (χ1v) is 15.3. The Morgan fingerprint density at radius 2 is 1.49 bits per heavy atom. The number of hydrogen-bond donors (Lipinski definition) is 2. The Bertz CT molecular complexity index is 2400. The summed E-state index contributed by atoms with van der Waals surface area (Å²) in [5.41, 5.74) is 11.9. The second-order valence-corrected chi connectivity index (χ2v) is 12.3. The highest BCUT2D eigenvalue weighted by Gasteiger charge is 2.38. The molecular formula is C40H32BNO3. The molecule has 0 saturated carbocycles. The van der Waals surface area contributed by atoms with Crippen LogP contribution in [-0.2, 0) is 5.41 Å². The quantitative estimate of drug-likeness (QED) is 0.203. The molecule has 2 aromatic heterocycles. The zero-order chi connectivity index (χ0) is 31.0. The third kappa shape index (κ3) is 3.88. The van der Waals surface area contributed by atoms with Crippen molar-refractivity contribution in [3.8, 4) is 16.8 Å². The van der Waals surface area contributed by atoms with Gasteiger partial charge in [-0.1, -0.05) is 99.3 Å². The standard InChI is InChI=1S/C40H32BNO3/c1-5-12-33-26(6-2)30-23-37-32(22-34(30)40(33,3)4)31-21-24(19-20-36(31)42(37)25-13-8-7-9-14-25)27-15-10-16-28-29-17-11-18-35(41(43)44)39(29)45-38(27)28/h5-23,43-44H,1H2,2-4H3/b26-6-,33-12+. The SMILES string of the molecule is C=C/C=C1\C(=C/C)c2cc3c(cc2C1(C)C)c1cc(-c2cccc4c2oc2c(B(O)O)cccc24)ccc1n3-c1ccccc1. The summed E-state index contributed by atoms with van der Waals surface area (Å²) < 4.78 is 8.77. The summed E-state index contributed by atoms with van der Waals surface area (Å²) in [6, 6.07) is 33.5. The zero-order valence-electron chi connectivity index (χ0n) is 25.5. The molecule has 8 rings (SSSR count). The zero-order valence-corrected chi connectivity index (χ0v) is 25.5. The fraction of sp³-hybridized carbons (Fsp3) is 0.100. The van der Waals surface area contributed by atoms with Gasteiger partial charge in [-0.25, -0.2) is 0 Å². The normalized spacial score (nSPS) is 16.0. The van der Waals surface area contributed by atoms with Gasteiger partial charge in [0.25, 0.3) is 0 Å². The minimum Gasteiger partial charge on any atom is -0.456 e. The van der Waals surface area contributed by atoms with Crippen LogP contribution in [0.1, 0.15) is 31.9 Å². The van der Waals surface area contributed by atoms with Crippen molar-refractivity contribution in [1.82, 2.24) is 4.57 Å². The first-order chi connectivity index (χ1) is 21.8. The highest BCUT2D eigenvalue weighted by Crippen LogP contribution is 2.52. The van der Waals surface area contributed by atoms with Crippen LogP contribution in [0.25, 0.3) is 66.1 Å². The number of para-hydroxylation sites is 3. The van der Waals surface area contributed by atoms with Gasteiger partial charge in [-0.3, -0.25) is 0 Å². The van der Waals surface area contributed by atoms with Crippen LogP contribution in [0.4, 0.5) is 0 Å². The topological polar surface area (TPSA) is 58.5 Å². The Labute approximate surface area is 262 Å². The number of hydrogen-bond acceptors (Lipinski definition) is 3. The largest absolute Gasteiger partial charge is 0.492 e. The maximum atomic E-state index is 10.0. The Kier molecular flexibility index (Phi) is 6.08. The lowest BCUT2D eigenvalue weighted by Gasteiger charge is -2.22. The molecule has 0 bridgehead atoms. The lowest BCUT2D eigenvalue weighted by molar-refractivity contribution is 0.425. The summed E-state index contributed by atoms with van der Waals surface area (Å²) >= 11 is 0. The number of nitrogens with zero attached hydrogens (tertiary/aromatic N) is 1. The number of benzene rings is 5. The monoisotopic (exact) mass is 585 g/mol. The van der Waals surface area contributed by atoms with Gasteiger partial charge in [-0.15, -0.1) is 0 Å². The number of furan rings is 1. The molecule has 218 valence electrons. The van der Waals surface area contributed by atoms with Crippen molar-refractivity contribution in [1.29, 1.82) is 0 Å². The van der Waals surface area contributed by atoms with Crippen LogP contribution in [0.3, 0.4) is 0 Å². The smallest absolute Gasteiger partial charge is 0.456 e. The fourth-order valence-corrected chi connectivity index (χ4v) is 7.45. The summed E-state index contributed by atoms with van der Waals surface area (Å²) in [5, 5.41) is 24.2. The van der Waals surface area contributed by atoms with Crippen molar-refractivity contribution in [3.05, 3.63) is 139 Å². The molecule has 2 N–H and O–H groups in total. The van der Waals surface area contributed by atoms with Crippen LogP contribution < -0.4 is 5.46 Å². The Morgan fingerprint density at radius 3 is 2.22 bits per heavy atom. The summed E-state index contributed by atoms with van der Waals surface area (Å²) in [5.74, 6) is 0. The molecule has 1 aliphatic rings. The van der Waals surface area contributed by atoms with Crippen molar-refractivity contribution in [2.75, 3.05) is 0 Å². The van der Waals surface area contributed by atoms with E-state index in [0.29, 0.717) is 11.0 Å². The van der Waals surface area contributed by atoms with E-state index in [4.69, 9.17) is 4.42 Å². The Morgan fingerprint density at radius 1 is 0.756 bits per heavy atom. The molecule has 5 heteroatoms. The lowest BCUT2D eigenvalue weighted by atomic mass is 9.79. The van der Waals surface area contributed by atoms with E-state index in [1.54, 1.807) is 6.07 Å². The molecular weight excluding hydrogens is 553 g/mol. The van der Waals surface area contributed by atoms with Crippen molar-refractivity contribution in [2.45, 2.75) is 26.2 Å². The maximum absolute atomic E-state index is 10.0. The fourth-order valence-electron chi connectivity index (χ4n) is 7.45. The van der Waals surface area contributed by atoms with Crippen molar-refractivity contribution in [2.24, 2.45) is 0 Å². The van der Waals surface area contributed by atoms with Crippen molar-refractivity contribution >= 4 is 61.9 Å². The maximum Gasteiger partial charge on any atom is 0.492 e.